The summed E-state index contributed by atoms with van der Waals surface area (Å²) < 4.78 is 20.9. The van der Waals surface area contributed by atoms with Crippen LogP contribution in [0.5, 0.6) is 5.75 Å². The first-order valence-electron chi connectivity index (χ1n) is 10.7. The molecule has 0 unspecified atom stereocenters. The molecule has 0 saturated heterocycles. The van der Waals surface area contributed by atoms with Crippen molar-refractivity contribution in [3.63, 3.8) is 0 Å². The molecule has 35 heavy (non-hydrogen) atoms. The van der Waals surface area contributed by atoms with E-state index in [-0.39, 0.29) is 17.3 Å². The summed E-state index contributed by atoms with van der Waals surface area (Å²) in [5, 5.41) is 19.5. The summed E-state index contributed by atoms with van der Waals surface area (Å²) in [5.74, 6) is -0.282. The molecule has 0 saturated carbocycles. The summed E-state index contributed by atoms with van der Waals surface area (Å²) in [6, 6.07) is 20.4. The van der Waals surface area contributed by atoms with Crippen LogP contribution in [-0.4, -0.2) is 25.8 Å². The second-order valence-electron chi connectivity index (χ2n) is 7.43. The molecule has 0 atom stereocenters. The van der Waals surface area contributed by atoms with Gasteiger partial charge in [0, 0.05) is 22.7 Å². The summed E-state index contributed by atoms with van der Waals surface area (Å²) in [4.78, 5) is 12.2. The Morgan fingerprint density at radius 2 is 1.80 bits per heavy atom. The number of para-hydroxylation sites is 1. The number of nitrogens with zero attached hydrogens (tertiary/aromatic N) is 3. The molecule has 0 fully saturated rings. The Hall–Kier alpha value is -3.62. The van der Waals surface area contributed by atoms with E-state index in [0.29, 0.717) is 33.9 Å². The van der Waals surface area contributed by atoms with Gasteiger partial charge in [0.25, 0.3) is 0 Å². The number of hydrogen-bond acceptors (Lipinski definition) is 5. The smallest absolute Gasteiger partial charge is 0.342 e. The minimum Gasteiger partial charge on any atom is -0.488 e. The van der Waals surface area contributed by atoms with E-state index >= 15 is 0 Å². The molecule has 0 aliphatic heterocycles. The first-order valence-corrected chi connectivity index (χ1v) is 11.9. The number of halogens is 2. The van der Waals surface area contributed by atoms with Gasteiger partial charge < -0.3 is 14.4 Å². The predicted octanol–water partition coefficient (Wildman–Crippen LogP) is 6.55. The molecule has 0 amide bonds. The highest BCUT2D eigenvalue weighted by Crippen LogP contribution is 2.32. The first kappa shape index (κ1) is 24.5. The Morgan fingerprint density at radius 3 is 2.49 bits per heavy atom. The van der Waals surface area contributed by atoms with Gasteiger partial charge in [-0.3, -0.25) is 0 Å². The molecule has 0 bridgehead atoms. The fourth-order valence-electron chi connectivity index (χ4n) is 3.31. The Labute approximate surface area is 211 Å². The van der Waals surface area contributed by atoms with Crippen LogP contribution in [0.3, 0.4) is 0 Å². The quantitative estimate of drug-likeness (QED) is 0.203. The first-order chi connectivity index (χ1) is 16.9. The fraction of sp³-hybridized carbons (Fsp3) is 0.115. The minimum absolute atomic E-state index is 0.0626. The molecule has 6 nitrogen and oxygen atoms in total. The molecule has 0 spiro atoms. The molecule has 1 aromatic heterocycles. The summed E-state index contributed by atoms with van der Waals surface area (Å²) >= 11 is 7.00. The standard InChI is InChI=1S/C26H21ClFN3O3S/c1-2-31-24(18-9-11-20(27)12-10-18)29-30-26(31)35-23(25(32)33)15-19-5-3-4-6-22(19)34-16-17-7-13-21(28)14-8-17/h3-15H,2,16H2,1H3,(H,32,33)/b23-15-. The second kappa shape index (κ2) is 11.2. The summed E-state index contributed by atoms with van der Waals surface area (Å²) in [5.41, 5.74) is 2.22. The zero-order chi connectivity index (χ0) is 24.8. The number of carboxylic acids is 1. The van der Waals surface area contributed by atoms with Crippen molar-refractivity contribution >= 4 is 35.4 Å². The van der Waals surface area contributed by atoms with E-state index in [0.717, 1.165) is 22.9 Å². The van der Waals surface area contributed by atoms with Crippen LogP contribution in [0.4, 0.5) is 4.39 Å². The lowest BCUT2D eigenvalue weighted by molar-refractivity contribution is -0.131. The molecule has 0 radical (unpaired) electrons. The van der Waals surface area contributed by atoms with Gasteiger partial charge in [0.15, 0.2) is 11.0 Å². The number of hydrogen-bond donors (Lipinski definition) is 1. The lowest BCUT2D eigenvalue weighted by Gasteiger charge is -2.11. The SMILES string of the molecule is CCn1c(S/C(=C\c2ccccc2OCc2ccc(F)cc2)C(=O)O)nnc1-c1ccc(Cl)cc1. The van der Waals surface area contributed by atoms with Crippen LogP contribution < -0.4 is 4.74 Å². The maximum atomic E-state index is 13.2. The number of rotatable bonds is 9. The molecule has 1 N–H and O–H groups in total. The minimum atomic E-state index is -1.10. The zero-order valence-electron chi connectivity index (χ0n) is 18.7. The van der Waals surface area contributed by atoms with Crippen molar-refractivity contribution in [2.45, 2.75) is 25.2 Å². The summed E-state index contributed by atoms with van der Waals surface area (Å²) in [6.07, 6.45) is 1.55. The molecular formula is C26H21ClFN3O3S. The van der Waals surface area contributed by atoms with Crippen molar-refractivity contribution < 1.29 is 19.0 Å². The topological polar surface area (TPSA) is 77.2 Å². The number of carbonyl (C=O) groups is 1. The van der Waals surface area contributed by atoms with Crippen molar-refractivity contribution in [2.24, 2.45) is 0 Å². The van der Waals surface area contributed by atoms with E-state index in [1.807, 2.05) is 23.6 Å². The summed E-state index contributed by atoms with van der Waals surface area (Å²) in [7, 11) is 0. The van der Waals surface area contributed by atoms with E-state index in [1.165, 1.54) is 12.1 Å². The highest BCUT2D eigenvalue weighted by Gasteiger charge is 2.19. The average molecular weight is 510 g/mol. The average Bonchev–Trinajstić information content (AvgIpc) is 3.27. The number of aliphatic carboxylic acids is 1. The highest BCUT2D eigenvalue weighted by molar-refractivity contribution is 8.04. The van der Waals surface area contributed by atoms with Crippen molar-refractivity contribution in [1.82, 2.24) is 14.8 Å². The van der Waals surface area contributed by atoms with Gasteiger partial charge in [-0.25, -0.2) is 9.18 Å². The predicted molar refractivity (Wildman–Crippen MR) is 135 cm³/mol. The molecule has 1 heterocycles. The Morgan fingerprint density at radius 1 is 1.09 bits per heavy atom. The van der Waals surface area contributed by atoms with Crippen LogP contribution in [0, 0.1) is 5.82 Å². The van der Waals surface area contributed by atoms with Gasteiger partial charge in [-0.15, -0.1) is 10.2 Å². The second-order valence-corrected chi connectivity index (χ2v) is 8.87. The maximum Gasteiger partial charge on any atom is 0.342 e. The third kappa shape index (κ3) is 6.09. The molecule has 178 valence electrons. The Bertz CT molecular complexity index is 1360. The van der Waals surface area contributed by atoms with Crippen molar-refractivity contribution in [3.05, 3.63) is 99.7 Å². The maximum absolute atomic E-state index is 13.2. The molecule has 3 aromatic carbocycles. The van der Waals surface area contributed by atoms with E-state index in [1.54, 1.807) is 54.6 Å². The van der Waals surface area contributed by atoms with E-state index in [4.69, 9.17) is 16.3 Å². The third-order valence-electron chi connectivity index (χ3n) is 5.06. The highest BCUT2D eigenvalue weighted by atomic mass is 35.5. The number of ether oxygens (including phenoxy) is 1. The molecule has 0 aliphatic rings. The van der Waals surface area contributed by atoms with Gasteiger partial charge in [-0.1, -0.05) is 41.9 Å². The van der Waals surface area contributed by atoms with Crippen LogP contribution in [-0.2, 0) is 17.9 Å². The van der Waals surface area contributed by atoms with Crippen molar-refractivity contribution in [2.75, 3.05) is 0 Å². The third-order valence-corrected chi connectivity index (χ3v) is 6.31. The normalized spacial score (nSPS) is 11.5. The molecular weight excluding hydrogens is 489 g/mol. The Kier molecular flexibility index (Phi) is 7.84. The molecule has 9 heteroatoms. The van der Waals surface area contributed by atoms with Crippen LogP contribution in [0.15, 0.2) is 82.9 Å². The van der Waals surface area contributed by atoms with Crippen molar-refractivity contribution in [3.8, 4) is 17.1 Å². The van der Waals surface area contributed by atoms with Crippen LogP contribution in [0.1, 0.15) is 18.1 Å². The monoisotopic (exact) mass is 509 g/mol. The van der Waals surface area contributed by atoms with Gasteiger partial charge in [-0.2, -0.15) is 0 Å². The number of benzene rings is 3. The van der Waals surface area contributed by atoms with Gasteiger partial charge in [-0.05, 0) is 72.8 Å². The number of aromatic nitrogens is 3. The zero-order valence-corrected chi connectivity index (χ0v) is 20.3. The van der Waals surface area contributed by atoms with E-state index in [9.17, 15) is 14.3 Å². The fourth-order valence-corrected chi connectivity index (χ4v) is 4.31. The molecule has 4 rings (SSSR count). The van der Waals surface area contributed by atoms with Gasteiger partial charge in [0.2, 0.25) is 0 Å². The van der Waals surface area contributed by atoms with E-state index < -0.39 is 5.97 Å². The lowest BCUT2D eigenvalue weighted by Crippen LogP contribution is -2.03. The molecule has 4 aromatic rings. The Balaban J connectivity index is 1.60. The lowest BCUT2D eigenvalue weighted by atomic mass is 10.2. The van der Waals surface area contributed by atoms with E-state index in [2.05, 4.69) is 10.2 Å². The van der Waals surface area contributed by atoms with Gasteiger partial charge in [0.1, 0.15) is 23.1 Å². The van der Waals surface area contributed by atoms with Gasteiger partial charge >= 0.3 is 5.97 Å². The number of carboxylic acid groups (broad SMARTS) is 1. The van der Waals surface area contributed by atoms with Crippen LogP contribution in [0.25, 0.3) is 17.5 Å². The van der Waals surface area contributed by atoms with Crippen LogP contribution in [0.2, 0.25) is 5.02 Å². The largest absolute Gasteiger partial charge is 0.488 e. The molecule has 0 aliphatic carbocycles. The summed E-state index contributed by atoms with van der Waals surface area (Å²) in [6.45, 7) is 2.71. The van der Waals surface area contributed by atoms with Gasteiger partial charge in [0.05, 0.1) is 0 Å². The number of thioether (sulfide) groups is 1. The van der Waals surface area contributed by atoms with Crippen molar-refractivity contribution in [1.29, 1.82) is 0 Å². The van der Waals surface area contributed by atoms with Crippen LogP contribution >= 0.6 is 23.4 Å².